The normalized spacial score (nSPS) is 27.9. The lowest BCUT2D eigenvalue weighted by Gasteiger charge is -2.18. The summed E-state index contributed by atoms with van der Waals surface area (Å²) in [6.45, 7) is 15.2. The molecule has 0 aromatic heterocycles. The molecule has 168 valence electrons. The second-order valence-electron chi connectivity index (χ2n) is 10.7. The minimum atomic E-state index is -1.25. The lowest BCUT2D eigenvalue weighted by atomic mass is 9.94. The van der Waals surface area contributed by atoms with Crippen molar-refractivity contribution in [2.75, 3.05) is 13.2 Å². The lowest BCUT2D eigenvalue weighted by molar-refractivity contribution is -0.149. The number of esters is 1. The molecule has 0 spiro atoms. The molecular formula is C24H38O5Si. The van der Waals surface area contributed by atoms with Gasteiger partial charge >= 0.3 is 5.97 Å². The number of benzene rings is 1. The molecule has 6 heteroatoms. The van der Waals surface area contributed by atoms with Gasteiger partial charge in [0.05, 0.1) is 24.9 Å². The fraction of sp³-hybridized carbons (Fsp3) is 0.708. The topological polar surface area (TPSA) is 65.0 Å². The van der Waals surface area contributed by atoms with Crippen molar-refractivity contribution in [3.05, 3.63) is 34.4 Å². The van der Waals surface area contributed by atoms with Crippen molar-refractivity contribution < 1.29 is 24.1 Å². The van der Waals surface area contributed by atoms with E-state index in [9.17, 15) is 9.90 Å². The lowest BCUT2D eigenvalue weighted by Crippen LogP contribution is -2.26. The van der Waals surface area contributed by atoms with Crippen LogP contribution < -0.4 is 0 Å². The highest BCUT2D eigenvalue weighted by atomic mass is 28.3. The molecule has 1 aliphatic carbocycles. The Bertz CT molecular complexity index is 783. The van der Waals surface area contributed by atoms with Crippen molar-refractivity contribution >= 4 is 14.0 Å². The average Bonchev–Trinajstić information content (AvgIpc) is 3.29. The number of aryl methyl sites for hydroxylation is 2. The summed E-state index contributed by atoms with van der Waals surface area (Å²) >= 11 is 0. The van der Waals surface area contributed by atoms with Crippen LogP contribution in [0.4, 0.5) is 0 Å². The average molecular weight is 435 g/mol. The Kier molecular flexibility index (Phi) is 6.82. The summed E-state index contributed by atoms with van der Waals surface area (Å²) in [5.41, 5.74) is 4.01. The zero-order chi connectivity index (χ0) is 22.3. The number of carbonyl (C=O) groups is 1. The van der Waals surface area contributed by atoms with Crippen LogP contribution in [0.1, 0.15) is 59.7 Å². The largest absolute Gasteiger partial charge is 0.462 e. The summed E-state index contributed by atoms with van der Waals surface area (Å²) in [4.78, 5) is 13.0. The smallest absolute Gasteiger partial charge is 0.338 e. The van der Waals surface area contributed by atoms with Gasteiger partial charge in [0.2, 0.25) is 0 Å². The monoisotopic (exact) mass is 434 g/mol. The van der Waals surface area contributed by atoms with Crippen LogP contribution >= 0.6 is 0 Å². The molecule has 4 atom stereocenters. The first-order valence-electron chi connectivity index (χ1n) is 11.1. The SMILES string of the molecule is Cc1cc(C)c(C(=O)OCC[Si](C)(C)C)c(C2CC2C[C@H]2OC(C)(C)O[C@@H]2CO)c1. The molecule has 1 aliphatic heterocycles. The number of aliphatic hydroxyl groups excluding tert-OH is 1. The van der Waals surface area contributed by atoms with Crippen molar-refractivity contribution in [3.8, 4) is 0 Å². The fourth-order valence-electron chi connectivity index (χ4n) is 4.54. The van der Waals surface area contributed by atoms with Crippen LogP contribution in [0.5, 0.6) is 0 Å². The van der Waals surface area contributed by atoms with Crippen LogP contribution in [-0.4, -0.2) is 50.4 Å². The maximum absolute atomic E-state index is 13.0. The van der Waals surface area contributed by atoms with Gasteiger partial charge in [-0.25, -0.2) is 4.79 Å². The molecule has 1 aromatic carbocycles. The third-order valence-electron chi connectivity index (χ3n) is 6.12. The zero-order valence-electron chi connectivity index (χ0n) is 19.6. The molecule has 1 aromatic rings. The molecule has 3 rings (SSSR count). The van der Waals surface area contributed by atoms with Gasteiger partial charge in [0, 0.05) is 8.07 Å². The Balaban J connectivity index is 1.71. The summed E-state index contributed by atoms with van der Waals surface area (Å²) in [6, 6.07) is 5.18. The molecule has 2 fully saturated rings. The molecule has 1 N–H and O–H groups in total. The second-order valence-corrected chi connectivity index (χ2v) is 16.3. The fourth-order valence-corrected chi connectivity index (χ4v) is 5.26. The van der Waals surface area contributed by atoms with E-state index in [4.69, 9.17) is 14.2 Å². The molecule has 1 saturated carbocycles. The van der Waals surface area contributed by atoms with Gasteiger partial charge in [0.25, 0.3) is 0 Å². The second kappa shape index (κ2) is 8.73. The van der Waals surface area contributed by atoms with Crippen molar-refractivity contribution in [3.63, 3.8) is 0 Å². The highest BCUT2D eigenvalue weighted by Gasteiger charge is 2.48. The van der Waals surface area contributed by atoms with Gasteiger partial charge in [-0.05, 0) is 69.5 Å². The van der Waals surface area contributed by atoms with Gasteiger partial charge < -0.3 is 19.3 Å². The number of aliphatic hydroxyl groups is 1. The molecule has 30 heavy (non-hydrogen) atoms. The van der Waals surface area contributed by atoms with E-state index in [2.05, 4.69) is 38.7 Å². The first kappa shape index (κ1) is 23.5. The van der Waals surface area contributed by atoms with E-state index in [-0.39, 0.29) is 24.8 Å². The van der Waals surface area contributed by atoms with Crippen LogP contribution in [0.2, 0.25) is 25.7 Å². The molecule has 0 bridgehead atoms. The standard InChI is InChI=1S/C24H38O5Si/c1-15-10-16(2)22(23(26)27-8-9-30(5,6)7)19(11-15)18-12-17(18)13-20-21(14-25)29-24(3,4)28-20/h10-11,17-18,20-21,25H,8-9,12-14H2,1-7H3/t17?,18?,20-,21-/m1/s1. The van der Waals surface area contributed by atoms with Crippen LogP contribution in [0.25, 0.3) is 0 Å². The third-order valence-corrected chi connectivity index (χ3v) is 7.83. The first-order valence-corrected chi connectivity index (χ1v) is 14.9. The van der Waals surface area contributed by atoms with E-state index < -0.39 is 13.9 Å². The van der Waals surface area contributed by atoms with E-state index in [0.29, 0.717) is 18.4 Å². The van der Waals surface area contributed by atoms with Crippen molar-refractivity contribution in [2.45, 2.75) is 90.1 Å². The van der Waals surface area contributed by atoms with Gasteiger partial charge in [-0.3, -0.25) is 0 Å². The van der Waals surface area contributed by atoms with Crippen LogP contribution in [0.15, 0.2) is 12.1 Å². The zero-order valence-corrected chi connectivity index (χ0v) is 20.6. The molecular weight excluding hydrogens is 396 g/mol. The third kappa shape index (κ3) is 5.72. The van der Waals surface area contributed by atoms with E-state index in [0.717, 1.165) is 35.6 Å². The van der Waals surface area contributed by atoms with Gasteiger partial charge in [0.15, 0.2) is 5.79 Å². The van der Waals surface area contributed by atoms with Gasteiger partial charge in [-0.1, -0.05) is 37.3 Å². The summed E-state index contributed by atoms with van der Waals surface area (Å²) in [5, 5.41) is 9.65. The van der Waals surface area contributed by atoms with Crippen LogP contribution in [-0.2, 0) is 14.2 Å². The number of hydrogen-bond acceptors (Lipinski definition) is 5. The molecule has 0 radical (unpaired) electrons. The number of hydrogen-bond donors (Lipinski definition) is 1. The Morgan fingerprint density at radius 1 is 1.20 bits per heavy atom. The van der Waals surface area contributed by atoms with Gasteiger partial charge in [-0.15, -0.1) is 0 Å². The quantitative estimate of drug-likeness (QED) is 0.470. The first-order chi connectivity index (χ1) is 13.9. The Morgan fingerprint density at radius 2 is 1.87 bits per heavy atom. The predicted molar refractivity (Wildman–Crippen MR) is 121 cm³/mol. The summed E-state index contributed by atoms with van der Waals surface area (Å²) < 4.78 is 17.5. The molecule has 0 amide bonds. The molecule has 2 unspecified atom stereocenters. The Morgan fingerprint density at radius 3 is 2.50 bits per heavy atom. The molecule has 1 saturated heterocycles. The minimum Gasteiger partial charge on any atom is -0.462 e. The van der Waals surface area contributed by atoms with Crippen LogP contribution in [0.3, 0.4) is 0 Å². The van der Waals surface area contributed by atoms with E-state index in [1.807, 2.05) is 20.8 Å². The van der Waals surface area contributed by atoms with Crippen LogP contribution in [0, 0.1) is 19.8 Å². The molecule has 2 aliphatic rings. The highest BCUT2D eigenvalue weighted by molar-refractivity contribution is 6.76. The number of carbonyl (C=O) groups excluding carboxylic acids is 1. The van der Waals surface area contributed by atoms with Crippen molar-refractivity contribution in [1.29, 1.82) is 0 Å². The predicted octanol–water partition coefficient (Wildman–Crippen LogP) is 4.80. The minimum absolute atomic E-state index is 0.0380. The Hall–Kier alpha value is -1.21. The van der Waals surface area contributed by atoms with E-state index >= 15 is 0 Å². The van der Waals surface area contributed by atoms with Gasteiger partial charge in [0.1, 0.15) is 6.10 Å². The maximum atomic E-state index is 13.0. The molecule has 1 heterocycles. The summed E-state index contributed by atoms with van der Waals surface area (Å²) in [7, 11) is -1.25. The van der Waals surface area contributed by atoms with Crippen molar-refractivity contribution in [1.82, 2.24) is 0 Å². The summed E-state index contributed by atoms with van der Waals surface area (Å²) in [6.07, 6.45) is 1.46. The maximum Gasteiger partial charge on any atom is 0.338 e. The number of rotatable bonds is 8. The molecule has 5 nitrogen and oxygen atoms in total. The van der Waals surface area contributed by atoms with E-state index in [1.165, 1.54) is 5.56 Å². The number of ether oxygens (including phenoxy) is 3. The Labute approximate surface area is 182 Å². The van der Waals surface area contributed by atoms with Gasteiger partial charge in [-0.2, -0.15) is 0 Å². The summed E-state index contributed by atoms with van der Waals surface area (Å²) in [5.74, 6) is -0.0967. The van der Waals surface area contributed by atoms with E-state index in [1.54, 1.807) is 0 Å². The van der Waals surface area contributed by atoms with Crippen molar-refractivity contribution in [2.24, 2.45) is 5.92 Å². The highest BCUT2D eigenvalue weighted by Crippen LogP contribution is 2.53.